The van der Waals surface area contributed by atoms with Crippen LogP contribution in [0, 0.1) is 11.8 Å². The predicted octanol–water partition coefficient (Wildman–Crippen LogP) is 4.26. The van der Waals surface area contributed by atoms with Crippen molar-refractivity contribution in [1.82, 2.24) is 15.2 Å². The van der Waals surface area contributed by atoms with Gasteiger partial charge < -0.3 is 10.1 Å². The van der Waals surface area contributed by atoms with E-state index in [-0.39, 0.29) is 24.8 Å². The summed E-state index contributed by atoms with van der Waals surface area (Å²) in [5, 5.41) is 3.27. The van der Waals surface area contributed by atoms with Gasteiger partial charge in [0.1, 0.15) is 0 Å². The molecule has 0 spiro atoms. The lowest BCUT2D eigenvalue weighted by atomic mass is 9.84. The predicted molar refractivity (Wildman–Crippen MR) is 109 cm³/mol. The maximum atomic E-state index is 13.0. The van der Waals surface area contributed by atoms with Gasteiger partial charge in [0, 0.05) is 42.8 Å². The van der Waals surface area contributed by atoms with E-state index in [0.29, 0.717) is 11.1 Å². The molecular weight excluding hydrogens is 434 g/mol. The summed E-state index contributed by atoms with van der Waals surface area (Å²) in [4.78, 5) is 19.8. The number of alkyl halides is 4. The average molecular weight is 464 g/mol. The highest BCUT2D eigenvalue weighted by Crippen LogP contribution is 2.50. The van der Waals surface area contributed by atoms with Gasteiger partial charge in [0.25, 0.3) is 17.5 Å². The van der Waals surface area contributed by atoms with Crippen molar-refractivity contribution >= 4 is 17.2 Å². The lowest BCUT2D eigenvalue weighted by Gasteiger charge is -2.32. The van der Waals surface area contributed by atoms with Gasteiger partial charge in [-0.1, -0.05) is 11.3 Å². The summed E-state index contributed by atoms with van der Waals surface area (Å²) in [7, 11) is 0. The van der Waals surface area contributed by atoms with Crippen LogP contribution in [0.5, 0.6) is 5.19 Å². The van der Waals surface area contributed by atoms with E-state index in [0.717, 1.165) is 68.7 Å². The standard InChI is InChI=1S/C21H29F4N3O2S/c22-18(23)12-30-20-27-16-11-28(8-6-17(16)31-20)7-5-13-1-3-15(4-2-13)26-19(29)9-14-10-21(14,24)25/h13-15,18H,1-12H2,(H,26,29). The molecule has 1 aliphatic heterocycles. The van der Waals surface area contributed by atoms with E-state index in [9.17, 15) is 22.4 Å². The topological polar surface area (TPSA) is 54.5 Å². The minimum atomic E-state index is -2.64. The van der Waals surface area contributed by atoms with E-state index in [1.165, 1.54) is 11.3 Å². The highest BCUT2D eigenvalue weighted by Gasteiger charge is 2.57. The smallest absolute Gasteiger partial charge is 0.273 e. The van der Waals surface area contributed by atoms with Crippen LogP contribution in [0.4, 0.5) is 17.6 Å². The molecule has 2 aliphatic carbocycles. The molecule has 10 heteroatoms. The van der Waals surface area contributed by atoms with E-state index >= 15 is 0 Å². The first kappa shape index (κ1) is 22.8. The van der Waals surface area contributed by atoms with Gasteiger partial charge in [0.05, 0.1) is 5.69 Å². The zero-order valence-corrected chi connectivity index (χ0v) is 18.2. The molecule has 1 aromatic rings. The first-order chi connectivity index (χ1) is 14.8. The number of halogens is 4. The van der Waals surface area contributed by atoms with Crippen molar-refractivity contribution in [3.8, 4) is 5.19 Å². The molecule has 5 nitrogen and oxygen atoms in total. The Morgan fingerprint density at radius 2 is 2.03 bits per heavy atom. The molecule has 4 rings (SSSR count). The Bertz CT molecular complexity index is 768. The number of rotatable bonds is 9. The maximum absolute atomic E-state index is 13.0. The molecule has 1 aromatic heterocycles. The minimum Gasteiger partial charge on any atom is -0.464 e. The number of carbonyl (C=O) groups is 1. The van der Waals surface area contributed by atoms with E-state index in [4.69, 9.17) is 4.74 Å². The van der Waals surface area contributed by atoms with Crippen molar-refractivity contribution in [2.75, 3.05) is 19.7 Å². The van der Waals surface area contributed by atoms with Gasteiger partial charge in [-0.15, -0.1) is 0 Å². The van der Waals surface area contributed by atoms with Crippen LogP contribution in [0.2, 0.25) is 0 Å². The largest absolute Gasteiger partial charge is 0.464 e. The van der Waals surface area contributed by atoms with Gasteiger partial charge in [-0.05, 0) is 51.0 Å². The van der Waals surface area contributed by atoms with Gasteiger partial charge in [-0.25, -0.2) is 22.5 Å². The summed E-state index contributed by atoms with van der Waals surface area (Å²) in [6, 6.07) is 0.107. The zero-order valence-electron chi connectivity index (χ0n) is 17.4. The van der Waals surface area contributed by atoms with Gasteiger partial charge >= 0.3 is 0 Å². The van der Waals surface area contributed by atoms with E-state index in [1.54, 1.807) is 0 Å². The Balaban J connectivity index is 1.13. The van der Waals surface area contributed by atoms with Crippen LogP contribution in [-0.4, -0.2) is 53.9 Å². The van der Waals surface area contributed by atoms with Crippen LogP contribution < -0.4 is 10.1 Å². The van der Waals surface area contributed by atoms with Crippen LogP contribution in [0.25, 0.3) is 0 Å². The fourth-order valence-electron chi connectivity index (χ4n) is 4.58. The van der Waals surface area contributed by atoms with Crippen molar-refractivity contribution in [2.45, 2.75) is 76.3 Å². The minimum absolute atomic E-state index is 0.0601. The monoisotopic (exact) mass is 463 g/mol. The molecule has 31 heavy (non-hydrogen) atoms. The molecule has 0 aromatic carbocycles. The number of nitrogens with zero attached hydrogens (tertiary/aromatic N) is 2. The van der Waals surface area contributed by atoms with Crippen molar-refractivity contribution < 1.29 is 27.1 Å². The fourth-order valence-corrected chi connectivity index (χ4v) is 5.49. The number of thiazole rings is 1. The lowest BCUT2D eigenvalue weighted by Crippen LogP contribution is -2.38. The Morgan fingerprint density at radius 3 is 2.71 bits per heavy atom. The molecule has 1 amide bonds. The highest BCUT2D eigenvalue weighted by atomic mass is 32.1. The maximum Gasteiger partial charge on any atom is 0.273 e. The fraction of sp³-hybridized carbons (Fsp3) is 0.810. The summed E-state index contributed by atoms with van der Waals surface area (Å²) in [6.45, 7) is 2.00. The number of ether oxygens (including phenoxy) is 1. The van der Waals surface area contributed by atoms with Crippen molar-refractivity contribution in [1.29, 1.82) is 0 Å². The molecule has 3 aliphatic rings. The second-order valence-electron chi connectivity index (χ2n) is 9.02. The molecule has 1 N–H and O–H groups in total. The van der Waals surface area contributed by atoms with E-state index in [2.05, 4.69) is 15.2 Å². The summed E-state index contributed by atoms with van der Waals surface area (Å²) >= 11 is 1.37. The highest BCUT2D eigenvalue weighted by molar-refractivity contribution is 7.13. The molecule has 2 fully saturated rings. The Hall–Kier alpha value is -1.42. The molecule has 2 saturated carbocycles. The zero-order chi connectivity index (χ0) is 22.0. The van der Waals surface area contributed by atoms with E-state index in [1.807, 2.05) is 0 Å². The summed E-state index contributed by atoms with van der Waals surface area (Å²) in [6.07, 6.45) is 3.09. The number of amides is 1. The van der Waals surface area contributed by atoms with Gasteiger partial charge in [-0.3, -0.25) is 9.69 Å². The first-order valence-corrected chi connectivity index (χ1v) is 11.9. The quantitative estimate of drug-likeness (QED) is 0.556. The number of nitrogens with one attached hydrogen (secondary N) is 1. The van der Waals surface area contributed by atoms with Crippen LogP contribution >= 0.6 is 11.3 Å². The van der Waals surface area contributed by atoms with Crippen LogP contribution in [0.3, 0.4) is 0 Å². The summed E-state index contributed by atoms with van der Waals surface area (Å²) in [5.74, 6) is -3.04. The molecular formula is C21H29F4N3O2S. The summed E-state index contributed by atoms with van der Waals surface area (Å²) in [5.41, 5.74) is 0.938. The SMILES string of the molecule is O=C(CC1CC1(F)F)NC1CCC(CCN2CCc3sc(OCC(F)F)nc3C2)CC1. The van der Waals surface area contributed by atoms with Crippen molar-refractivity contribution in [2.24, 2.45) is 11.8 Å². The Labute approximate surface area is 183 Å². The molecule has 2 heterocycles. The molecule has 174 valence electrons. The summed E-state index contributed by atoms with van der Waals surface area (Å²) < 4.78 is 55.6. The third kappa shape index (κ3) is 6.31. The number of hydrogen-bond acceptors (Lipinski definition) is 5. The third-order valence-electron chi connectivity index (χ3n) is 6.57. The molecule has 0 saturated heterocycles. The lowest BCUT2D eigenvalue weighted by molar-refractivity contribution is -0.123. The second kappa shape index (κ2) is 9.60. The van der Waals surface area contributed by atoms with Crippen LogP contribution in [-0.2, 0) is 17.8 Å². The Morgan fingerprint density at radius 1 is 1.29 bits per heavy atom. The number of hydrogen-bond donors (Lipinski definition) is 1. The van der Waals surface area contributed by atoms with E-state index < -0.39 is 24.9 Å². The second-order valence-corrected chi connectivity index (χ2v) is 10.1. The first-order valence-electron chi connectivity index (χ1n) is 11.1. The normalized spacial score (nSPS) is 27.7. The van der Waals surface area contributed by atoms with Crippen LogP contribution in [0.15, 0.2) is 0 Å². The molecule has 1 atom stereocenters. The van der Waals surface area contributed by atoms with Gasteiger partial charge in [0.15, 0.2) is 6.61 Å². The third-order valence-corrected chi connectivity index (χ3v) is 7.64. The molecule has 0 radical (unpaired) electrons. The number of fused-ring (bicyclic) bond motifs is 1. The number of carbonyl (C=O) groups excluding carboxylic acids is 1. The van der Waals surface area contributed by atoms with Gasteiger partial charge in [-0.2, -0.15) is 0 Å². The van der Waals surface area contributed by atoms with Crippen LogP contribution in [0.1, 0.15) is 55.5 Å². The average Bonchev–Trinajstić information content (AvgIpc) is 3.13. The molecule has 1 unspecified atom stereocenters. The number of aromatic nitrogens is 1. The van der Waals surface area contributed by atoms with Crippen molar-refractivity contribution in [3.05, 3.63) is 10.6 Å². The van der Waals surface area contributed by atoms with Crippen molar-refractivity contribution in [3.63, 3.8) is 0 Å². The Kier molecular flexibility index (Phi) is 7.05. The molecule has 0 bridgehead atoms. The van der Waals surface area contributed by atoms with Gasteiger partial charge in [0.2, 0.25) is 5.91 Å².